The van der Waals surface area contributed by atoms with Crippen LogP contribution >= 0.6 is 0 Å². The summed E-state index contributed by atoms with van der Waals surface area (Å²) in [6, 6.07) is 11.1. The Morgan fingerprint density at radius 2 is 1.93 bits per heavy atom. The van der Waals surface area contributed by atoms with E-state index in [1.54, 1.807) is 12.3 Å². The molecule has 3 N–H and O–H groups in total. The summed E-state index contributed by atoms with van der Waals surface area (Å²) >= 11 is 0. The third-order valence-electron chi connectivity index (χ3n) is 8.24. The average Bonchev–Trinajstić information content (AvgIpc) is 3.80. The van der Waals surface area contributed by atoms with E-state index in [4.69, 9.17) is 0 Å². The van der Waals surface area contributed by atoms with Crippen LogP contribution in [0.4, 0.5) is 8.78 Å². The molecule has 1 saturated heterocycles. The second kappa shape index (κ2) is 13.0. The molecule has 2 fully saturated rings. The zero-order valence-electron chi connectivity index (χ0n) is 25.0. The van der Waals surface area contributed by atoms with Crippen LogP contribution < -0.4 is 16.3 Å². The van der Waals surface area contributed by atoms with Gasteiger partial charge in [0.15, 0.2) is 0 Å². The molecule has 46 heavy (non-hydrogen) atoms. The summed E-state index contributed by atoms with van der Waals surface area (Å²) in [6.45, 7) is 1.08. The lowest BCUT2D eigenvalue weighted by molar-refractivity contribution is -0.138. The highest BCUT2D eigenvalue weighted by molar-refractivity contribution is 5.97. The summed E-state index contributed by atoms with van der Waals surface area (Å²) in [5, 5.41) is 5.97. The molecular weight excluding hydrogens is 594 g/mol. The van der Waals surface area contributed by atoms with Gasteiger partial charge in [0.25, 0.3) is 5.91 Å². The largest absolute Gasteiger partial charge is 0.348 e. The molecule has 0 radical (unpaired) electrons. The van der Waals surface area contributed by atoms with Crippen LogP contribution in [0.5, 0.6) is 0 Å². The van der Waals surface area contributed by atoms with Crippen LogP contribution in [0.15, 0.2) is 71.8 Å². The Bertz CT molecular complexity index is 1890. The van der Waals surface area contributed by atoms with Crippen molar-refractivity contribution >= 4 is 34.7 Å². The van der Waals surface area contributed by atoms with Crippen molar-refractivity contribution in [3.8, 4) is 11.1 Å². The molecule has 2 aliphatic rings. The van der Waals surface area contributed by atoms with Gasteiger partial charge in [0.05, 0.1) is 24.6 Å². The first-order chi connectivity index (χ1) is 22.1. The maximum absolute atomic E-state index is 14.6. The highest BCUT2D eigenvalue weighted by Crippen LogP contribution is 2.33. The number of nitrogens with one attached hydrogen (secondary N) is 3. The summed E-state index contributed by atoms with van der Waals surface area (Å²) in [7, 11) is 0. The summed E-state index contributed by atoms with van der Waals surface area (Å²) in [5.41, 5.74) is 3.18. The molecule has 0 unspecified atom stereocenters. The van der Waals surface area contributed by atoms with Gasteiger partial charge in [-0.15, -0.1) is 0 Å². The number of alkyl halides is 1. The summed E-state index contributed by atoms with van der Waals surface area (Å²) in [4.78, 5) is 62.6. The third-order valence-corrected chi connectivity index (χ3v) is 8.24. The second-order valence-electron chi connectivity index (χ2n) is 11.7. The van der Waals surface area contributed by atoms with Gasteiger partial charge in [0.2, 0.25) is 11.8 Å². The molecule has 0 bridgehead atoms. The molecule has 4 aromatic rings. The van der Waals surface area contributed by atoms with Crippen molar-refractivity contribution in [3.05, 3.63) is 100 Å². The lowest BCUT2D eigenvalue weighted by atomic mass is 9.95. The van der Waals surface area contributed by atoms with E-state index >= 15 is 0 Å². The molecule has 1 aliphatic carbocycles. The SMILES string of the molecule is C[C@H](NC(=O)[C@@H]1C[C@@H](F)CN1C(=O)CNC(=O)c1ccc2cc(F)ccc2n1)c1cc(-c2cnc(=O)[nH]c2)ccc1/C=C/C1CC1. The number of halogens is 2. The first-order valence-corrected chi connectivity index (χ1v) is 15.1. The first-order valence-electron chi connectivity index (χ1n) is 15.1. The van der Waals surface area contributed by atoms with Gasteiger partial charge in [-0.25, -0.2) is 23.5 Å². The van der Waals surface area contributed by atoms with E-state index in [1.807, 2.05) is 31.2 Å². The predicted octanol–water partition coefficient (Wildman–Crippen LogP) is 4.09. The van der Waals surface area contributed by atoms with Crippen LogP contribution in [0.25, 0.3) is 28.1 Å². The number of fused-ring (bicyclic) bond motifs is 1. The minimum absolute atomic E-state index is 0.0335. The Morgan fingerprint density at radius 3 is 2.70 bits per heavy atom. The molecule has 12 heteroatoms. The van der Waals surface area contributed by atoms with Gasteiger partial charge in [0, 0.05) is 29.8 Å². The third kappa shape index (κ3) is 7.01. The Hall–Kier alpha value is -5.26. The van der Waals surface area contributed by atoms with E-state index < -0.39 is 54.0 Å². The zero-order valence-corrected chi connectivity index (χ0v) is 25.0. The fourth-order valence-corrected chi connectivity index (χ4v) is 5.58. The van der Waals surface area contributed by atoms with E-state index in [0.29, 0.717) is 22.4 Å². The smallest absolute Gasteiger partial charge is 0.344 e. The van der Waals surface area contributed by atoms with E-state index in [1.165, 1.54) is 30.5 Å². The number of H-pyrrole nitrogens is 1. The molecular formula is C34H32F2N6O4. The molecule has 3 heterocycles. The van der Waals surface area contributed by atoms with Crippen molar-refractivity contribution in [2.45, 2.75) is 44.4 Å². The van der Waals surface area contributed by atoms with Crippen molar-refractivity contribution in [2.75, 3.05) is 13.1 Å². The number of benzene rings is 2. The summed E-state index contributed by atoms with van der Waals surface area (Å²) in [5.74, 6) is -1.64. The van der Waals surface area contributed by atoms with Crippen LogP contribution in [-0.4, -0.2) is 62.9 Å². The Kier molecular flexibility index (Phi) is 8.69. The van der Waals surface area contributed by atoms with E-state index in [0.717, 1.165) is 34.4 Å². The minimum atomic E-state index is -1.40. The standard InChI is InChI=1S/C34H32F2N6O4/c1-19(27-13-22(24-15-38-34(46)39-16-24)7-6-21(27)5-4-20-2-3-20)40-33(45)30-14-26(36)18-42(30)31(43)17-37-32(44)29-10-8-23-12-25(35)9-11-28(23)41-29/h4-13,15-16,19-20,26,30H,2-3,14,17-18H2,1H3,(H,37,44)(H,40,45)(H,38,39,46)/b5-4+/t19-,26+,30-/m0/s1. The van der Waals surface area contributed by atoms with Crippen molar-refractivity contribution in [1.82, 2.24) is 30.5 Å². The van der Waals surface area contributed by atoms with Crippen LogP contribution in [0, 0.1) is 11.7 Å². The molecule has 1 saturated carbocycles. The predicted molar refractivity (Wildman–Crippen MR) is 168 cm³/mol. The lowest BCUT2D eigenvalue weighted by Gasteiger charge is -2.26. The number of hydrogen-bond donors (Lipinski definition) is 3. The monoisotopic (exact) mass is 626 g/mol. The normalized spacial score (nSPS) is 18.5. The number of nitrogens with zero attached hydrogens (tertiary/aromatic N) is 3. The maximum atomic E-state index is 14.6. The van der Waals surface area contributed by atoms with Crippen molar-refractivity contribution in [3.63, 3.8) is 0 Å². The number of amides is 3. The maximum Gasteiger partial charge on any atom is 0.344 e. The number of carbonyl (C=O) groups is 3. The van der Waals surface area contributed by atoms with Crippen molar-refractivity contribution < 1.29 is 23.2 Å². The Balaban J connectivity index is 1.14. The molecule has 2 aromatic heterocycles. The van der Waals surface area contributed by atoms with E-state index in [-0.39, 0.29) is 18.7 Å². The van der Waals surface area contributed by atoms with Crippen LogP contribution in [-0.2, 0) is 9.59 Å². The topological polar surface area (TPSA) is 137 Å². The van der Waals surface area contributed by atoms with Gasteiger partial charge in [-0.05, 0) is 72.7 Å². The van der Waals surface area contributed by atoms with Crippen LogP contribution in [0.1, 0.15) is 53.8 Å². The molecule has 3 amide bonds. The summed E-state index contributed by atoms with van der Waals surface area (Å²) < 4.78 is 28.1. The Labute approximate surface area is 262 Å². The fourth-order valence-electron chi connectivity index (χ4n) is 5.58. The van der Waals surface area contributed by atoms with E-state index in [2.05, 4.69) is 31.7 Å². The molecule has 236 valence electrons. The van der Waals surface area contributed by atoms with Gasteiger partial charge in [-0.2, -0.15) is 0 Å². The van der Waals surface area contributed by atoms with Gasteiger partial charge >= 0.3 is 5.69 Å². The number of pyridine rings is 1. The molecule has 0 spiro atoms. The average molecular weight is 627 g/mol. The number of allylic oxidation sites excluding steroid dienone is 1. The van der Waals surface area contributed by atoms with Crippen LogP contribution in [0.3, 0.4) is 0 Å². The number of rotatable bonds is 9. The zero-order chi connectivity index (χ0) is 32.4. The fraction of sp³-hybridized carbons (Fsp3) is 0.294. The van der Waals surface area contributed by atoms with E-state index in [9.17, 15) is 28.0 Å². The molecule has 10 nitrogen and oxygen atoms in total. The second-order valence-corrected chi connectivity index (χ2v) is 11.7. The lowest BCUT2D eigenvalue weighted by Crippen LogP contribution is -2.49. The number of aromatic nitrogens is 3. The molecule has 6 rings (SSSR count). The first kappa shape index (κ1) is 30.8. The summed E-state index contributed by atoms with van der Waals surface area (Å²) in [6.07, 6.45) is 7.91. The number of hydrogen-bond acceptors (Lipinski definition) is 6. The number of aromatic amines is 1. The molecule has 1 aliphatic heterocycles. The highest BCUT2D eigenvalue weighted by Gasteiger charge is 2.40. The Morgan fingerprint density at radius 1 is 1.11 bits per heavy atom. The number of carbonyl (C=O) groups excluding carboxylic acids is 3. The van der Waals surface area contributed by atoms with Gasteiger partial charge < -0.3 is 20.5 Å². The number of likely N-dealkylation sites (tertiary alicyclic amines) is 1. The van der Waals surface area contributed by atoms with Gasteiger partial charge in [-0.1, -0.05) is 30.4 Å². The van der Waals surface area contributed by atoms with Crippen LogP contribution in [0.2, 0.25) is 0 Å². The van der Waals surface area contributed by atoms with Gasteiger partial charge in [-0.3, -0.25) is 14.4 Å². The quantitative estimate of drug-likeness (QED) is 0.256. The minimum Gasteiger partial charge on any atom is -0.348 e. The highest BCUT2D eigenvalue weighted by atomic mass is 19.1. The van der Waals surface area contributed by atoms with Crippen molar-refractivity contribution in [2.24, 2.45) is 5.92 Å². The molecule has 2 aromatic carbocycles. The van der Waals surface area contributed by atoms with Gasteiger partial charge in [0.1, 0.15) is 23.7 Å². The van der Waals surface area contributed by atoms with Crippen molar-refractivity contribution in [1.29, 1.82) is 0 Å². The molecule has 3 atom stereocenters.